The Bertz CT molecular complexity index is 412. The van der Waals surface area contributed by atoms with Crippen molar-refractivity contribution in [2.24, 2.45) is 0 Å². The van der Waals surface area contributed by atoms with Crippen molar-refractivity contribution in [2.75, 3.05) is 31.1 Å². The Balaban J connectivity index is 1.71. The normalized spacial score (nSPS) is 20.2. The van der Waals surface area contributed by atoms with E-state index in [0.29, 0.717) is 6.04 Å². The molecular formula is C14H20FN3. The largest absolute Gasteiger partial charge is 0.367 e. The first-order chi connectivity index (χ1) is 8.83. The van der Waals surface area contributed by atoms with E-state index in [9.17, 15) is 4.39 Å². The second kappa shape index (κ2) is 5.24. The van der Waals surface area contributed by atoms with Gasteiger partial charge in [0.15, 0.2) is 0 Å². The van der Waals surface area contributed by atoms with Gasteiger partial charge in [-0.25, -0.2) is 4.39 Å². The monoisotopic (exact) mass is 249 g/mol. The average Bonchev–Trinajstić information content (AvgIpc) is 3.23. The molecular weight excluding hydrogens is 229 g/mol. The van der Waals surface area contributed by atoms with Crippen LogP contribution in [-0.2, 0) is 6.54 Å². The minimum Gasteiger partial charge on any atom is -0.367 e. The molecule has 1 aromatic rings. The second-order valence-electron chi connectivity index (χ2n) is 5.18. The summed E-state index contributed by atoms with van der Waals surface area (Å²) in [4.78, 5) is 2.13. The third-order valence-corrected chi connectivity index (χ3v) is 3.64. The predicted octanol–water partition coefficient (Wildman–Crippen LogP) is 1.49. The number of rotatable bonds is 4. The molecule has 1 aliphatic heterocycles. The molecule has 1 aromatic carbocycles. The summed E-state index contributed by atoms with van der Waals surface area (Å²) in [6.45, 7) is 4.49. The van der Waals surface area contributed by atoms with Crippen LogP contribution < -0.4 is 15.5 Å². The number of anilines is 1. The highest BCUT2D eigenvalue weighted by Gasteiger charge is 2.20. The zero-order valence-corrected chi connectivity index (χ0v) is 10.6. The van der Waals surface area contributed by atoms with Crippen molar-refractivity contribution in [2.45, 2.75) is 25.4 Å². The van der Waals surface area contributed by atoms with Crippen molar-refractivity contribution in [1.82, 2.24) is 10.6 Å². The van der Waals surface area contributed by atoms with Crippen LogP contribution in [0.15, 0.2) is 18.2 Å². The smallest absolute Gasteiger partial charge is 0.146 e. The topological polar surface area (TPSA) is 27.3 Å². The summed E-state index contributed by atoms with van der Waals surface area (Å²) in [5.74, 6) is -0.105. The van der Waals surface area contributed by atoms with Gasteiger partial charge in [0.25, 0.3) is 0 Å². The third kappa shape index (κ3) is 2.82. The molecule has 2 N–H and O–H groups in total. The highest BCUT2D eigenvalue weighted by Crippen LogP contribution is 2.23. The quantitative estimate of drug-likeness (QED) is 0.846. The molecule has 0 radical (unpaired) electrons. The molecule has 0 atom stereocenters. The van der Waals surface area contributed by atoms with Gasteiger partial charge in [-0.3, -0.25) is 0 Å². The van der Waals surface area contributed by atoms with E-state index in [2.05, 4.69) is 15.5 Å². The van der Waals surface area contributed by atoms with Gasteiger partial charge in [-0.15, -0.1) is 0 Å². The van der Waals surface area contributed by atoms with Crippen LogP contribution >= 0.6 is 0 Å². The van der Waals surface area contributed by atoms with Gasteiger partial charge in [0, 0.05) is 38.8 Å². The Morgan fingerprint density at radius 2 is 2.06 bits per heavy atom. The van der Waals surface area contributed by atoms with Gasteiger partial charge in [-0.05, 0) is 30.5 Å². The Hall–Kier alpha value is -1.13. The maximum Gasteiger partial charge on any atom is 0.146 e. The van der Waals surface area contributed by atoms with E-state index < -0.39 is 0 Å². The highest BCUT2D eigenvalue weighted by molar-refractivity contribution is 5.50. The minimum atomic E-state index is -0.105. The van der Waals surface area contributed by atoms with Gasteiger partial charge in [0.05, 0.1) is 5.69 Å². The lowest BCUT2D eigenvalue weighted by Crippen LogP contribution is -2.43. The highest BCUT2D eigenvalue weighted by atomic mass is 19.1. The molecule has 3 nitrogen and oxygen atoms in total. The predicted molar refractivity (Wildman–Crippen MR) is 71.3 cm³/mol. The third-order valence-electron chi connectivity index (χ3n) is 3.64. The lowest BCUT2D eigenvalue weighted by Gasteiger charge is -2.30. The lowest BCUT2D eigenvalue weighted by molar-refractivity contribution is 0.565. The molecule has 2 fully saturated rings. The summed E-state index contributed by atoms with van der Waals surface area (Å²) < 4.78 is 13.9. The molecule has 2 aliphatic rings. The molecule has 1 heterocycles. The van der Waals surface area contributed by atoms with Gasteiger partial charge in [0.1, 0.15) is 5.82 Å². The first-order valence-corrected chi connectivity index (χ1v) is 6.80. The molecule has 98 valence electrons. The van der Waals surface area contributed by atoms with Crippen LogP contribution in [-0.4, -0.2) is 32.2 Å². The van der Waals surface area contributed by atoms with Crippen LogP contribution in [0.5, 0.6) is 0 Å². The van der Waals surface area contributed by atoms with Crippen molar-refractivity contribution in [3.63, 3.8) is 0 Å². The van der Waals surface area contributed by atoms with E-state index in [4.69, 9.17) is 0 Å². The zero-order chi connectivity index (χ0) is 12.4. The summed E-state index contributed by atoms with van der Waals surface area (Å²) >= 11 is 0. The minimum absolute atomic E-state index is 0.105. The zero-order valence-electron chi connectivity index (χ0n) is 10.6. The van der Waals surface area contributed by atoms with E-state index in [0.717, 1.165) is 38.4 Å². The first-order valence-electron chi connectivity index (χ1n) is 6.80. The van der Waals surface area contributed by atoms with Crippen molar-refractivity contribution in [3.8, 4) is 0 Å². The molecule has 0 aromatic heterocycles. The van der Waals surface area contributed by atoms with Crippen LogP contribution in [0.3, 0.4) is 0 Å². The fourth-order valence-electron chi connectivity index (χ4n) is 2.37. The van der Waals surface area contributed by atoms with Crippen LogP contribution in [0.2, 0.25) is 0 Å². The Labute approximate surface area is 107 Å². The van der Waals surface area contributed by atoms with E-state index >= 15 is 0 Å². The summed E-state index contributed by atoms with van der Waals surface area (Å²) in [6, 6.07) is 6.17. The molecule has 0 amide bonds. The van der Waals surface area contributed by atoms with Crippen LogP contribution in [0.25, 0.3) is 0 Å². The fraction of sp³-hybridized carbons (Fsp3) is 0.571. The molecule has 0 unspecified atom stereocenters. The van der Waals surface area contributed by atoms with Crippen molar-refractivity contribution < 1.29 is 4.39 Å². The van der Waals surface area contributed by atoms with Crippen LogP contribution in [0, 0.1) is 5.82 Å². The lowest BCUT2D eigenvalue weighted by atomic mass is 10.1. The maximum atomic E-state index is 13.9. The van der Waals surface area contributed by atoms with Gasteiger partial charge in [-0.2, -0.15) is 0 Å². The van der Waals surface area contributed by atoms with Gasteiger partial charge in [0.2, 0.25) is 0 Å². The molecule has 1 aliphatic carbocycles. The molecule has 1 saturated heterocycles. The van der Waals surface area contributed by atoms with Crippen LogP contribution in [0.1, 0.15) is 18.4 Å². The fourth-order valence-corrected chi connectivity index (χ4v) is 2.37. The SMILES string of the molecule is Fc1ccc(CNC2CC2)cc1N1CCNCC1. The van der Waals surface area contributed by atoms with Crippen molar-refractivity contribution in [1.29, 1.82) is 0 Å². The summed E-state index contributed by atoms with van der Waals surface area (Å²) in [5, 5.41) is 6.76. The summed E-state index contributed by atoms with van der Waals surface area (Å²) in [6.07, 6.45) is 2.57. The van der Waals surface area contributed by atoms with Crippen LogP contribution in [0.4, 0.5) is 10.1 Å². The average molecular weight is 249 g/mol. The van der Waals surface area contributed by atoms with Gasteiger partial charge >= 0.3 is 0 Å². The number of halogens is 1. The van der Waals surface area contributed by atoms with Gasteiger partial charge < -0.3 is 15.5 Å². The second-order valence-corrected chi connectivity index (χ2v) is 5.18. The number of nitrogens with zero attached hydrogens (tertiary/aromatic N) is 1. The van der Waals surface area contributed by atoms with E-state index in [1.54, 1.807) is 6.07 Å². The number of hydrogen-bond acceptors (Lipinski definition) is 3. The Morgan fingerprint density at radius 1 is 1.28 bits per heavy atom. The molecule has 18 heavy (non-hydrogen) atoms. The van der Waals surface area contributed by atoms with E-state index in [-0.39, 0.29) is 5.82 Å². The molecule has 1 saturated carbocycles. The summed E-state index contributed by atoms with van der Waals surface area (Å²) in [7, 11) is 0. The van der Waals surface area contributed by atoms with Gasteiger partial charge in [-0.1, -0.05) is 6.07 Å². The van der Waals surface area contributed by atoms with Crippen molar-refractivity contribution >= 4 is 5.69 Å². The van der Waals surface area contributed by atoms with Crippen molar-refractivity contribution in [3.05, 3.63) is 29.6 Å². The first kappa shape index (κ1) is 11.9. The number of hydrogen-bond donors (Lipinski definition) is 2. The molecule has 0 spiro atoms. The maximum absolute atomic E-state index is 13.9. The molecule has 0 bridgehead atoms. The van der Waals surface area contributed by atoms with E-state index in [1.807, 2.05) is 12.1 Å². The number of benzene rings is 1. The standard InChI is InChI=1S/C14H20FN3/c15-13-4-1-11(10-17-12-2-3-12)9-14(13)18-7-5-16-6-8-18/h1,4,9,12,16-17H,2-3,5-8,10H2. The van der Waals surface area contributed by atoms with E-state index in [1.165, 1.54) is 18.4 Å². The molecule has 4 heteroatoms. The Morgan fingerprint density at radius 3 is 2.78 bits per heavy atom. The summed E-state index contributed by atoms with van der Waals surface area (Å²) in [5.41, 5.74) is 1.93. The number of piperazine rings is 1. The number of nitrogens with one attached hydrogen (secondary N) is 2. The molecule has 3 rings (SSSR count). The Kier molecular flexibility index (Phi) is 3.48.